The molecule has 2 fully saturated rings. The normalized spacial score (nSPS) is 36.4. The number of benzene rings is 1. The molecule has 1 amide bonds. The molecule has 0 aromatic heterocycles. The lowest BCUT2D eigenvalue weighted by molar-refractivity contribution is -0.316. The predicted octanol–water partition coefficient (Wildman–Crippen LogP) is 2.48. The van der Waals surface area contributed by atoms with E-state index in [1.165, 1.54) is 0 Å². The van der Waals surface area contributed by atoms with Crippen LogP contribution in [0.15, 0.2) is 34.8 Å². The van der Waals surface area contributed by atoms with Crippen LogP contribution in [0, 0.1) is 35.5 Å². The minimum atomic E-state index is -1.12. The number of nitrogens with one attached hydrogen (secondary N) is 1. The molecule has 6 unspecified atom stereocenters. The summed E-state index contributed by atoms with van der Waals surface area (Å²) in [6.45, 7) is 0. The van der Waals surface area contributed by atoms with Crippen molar-refractivity contribution in [2.24, 2.45) is 35.5 Å². The molecular weight excluding hydrogens is 382 g/mol. The Morgan fingerprint density at radius 1 is 1.17 bits per heavy atom. The average molecular weight is 396 g/mol. The number of carbonyl (C=O) groups excluding carboxylic acids is 2. The summed E-state index contributed by atoms with van der Waals surface area (Å²) in [4.78, 5) is 24.4. The molecule has 0 spiro atoms. The van der Waals surface area contributed by atoms with E-state index in [-0.39, 0.29) is 17.7 Å². The first-order valence-electron chi connectivity index (χ1n) is 7.62. The first-order valence-corrected chi connectivity index (χ1v) is 8.79. The van der Waals surface area contributed by atoms with Crippen LogP contribution in [0.1, 0.15) is 6.42 Å². The van der Waals surface area contributed by atoms with Crippen LogP contribution in [-0.2, 0) is 9.59 Å². The third-order valence-corrected chi connectivity index (χ3v) is 6.65. The number of fused-ring (bicyclic) bond motifs is 1. The molecule has 0 saturated heterocycles. The number of carbonyl (C=O) groups is 2. The molecule has 0 heterocycles. The van der Waals surface area contributed by atoms with Gasteiger partial charge >= 0.3 is 0 Å². The smallest absolute Gasteiger partial charge is 0.228 e. The number of hydrogen-bond acceptors (Lipinski definition) is 3. The number of carboxylic acids is 1. The summed E-state index contributed by atoms with van der Waals surface area (Å²) in [6.07, 6.45) is 5.01. The van der Waals surface area contributed by atoms with Gasteiger partial charge in [-0.3, -0.25) is 4.79 Å². The van der Waals surface area contributed by atoms with E-state index in [4.69, 9.17) is 11.6 Å². The number of hydrogen-bond donors (Lipinski definition) is 1. The average Bonchev–Trinajstić information content (AvgIpc) is 3.32. The minimum Gasteiger partial charge on any atom is -0.550 e. The van der Waals surface area contributed by atoms with Crippen LogP contribution >= 0.6 is 27.5 Å². The fourth-order valence-electron chi connectivity index (χ4n) is 4.35. The van der Waals surface area contributed by atoms with Gasteiger partial charge < -0.3 is 15.2 Å². The van der Waals surface area contributed by atoms with Crippen molar-refractivity contribution in [1.82, 2.24) is 0 Å². The maximum absolute atomic E-state index is 12.7. The van der Waals surface area contributed by atoms with Crippen molar-refractivity contribution < 1.29 is 14.7 Å². The molecule has 1 aromatic carbocycles. The monoisotopic (exact) mass is 394 g/mol. The van der Waals surface area contributed by atoms with Crippen molar-refractivity contribution in [2.45, 2.75) is 6.42 Å². The minimum absolute atomic E-state index is 0.00109. The lowest BCUT2D eigenvalue weighted by atomic mass is 9.62. The van der Waals surface area contributed by atoms with E-state index in [2.05, 4.69) is 21.2 Å². The Morgan fingerprint density at radius 2 is 1.83 bits per heavy atom. The van der Waals surface area contributed by atoms with E-state index < -0.39 is 17.8 Å². The van der Waals surface area contributed by atoms with Crippen molar-refractivity contribution in [2.75, 3.05) is 5.32 Å². The predicted molar refractivity (Wildman–Crippen MR) is 87.5 cm³/mol. The number of aliphatic carboxylic acids is 1. The molecule has 1 aromatic rings. The second-order valence-corrected chi connectivity index (χ2v) is 7.85. The molecule has 4 aliphatic rings. The summed E-state index contributed by atoms with van der Waals surface area (Å²) in [5, 5.41) is 14.9. The second kappa shape index (κ2) is 5.35. The van der Waals surface area contributed by atoms with E-state index in [9.17, 15) is 14.7 Å². The summed E-state index contributed by atoms with van der Waals surface area (Å²) < 4.78 is 0.741. The third-order valence-electron chi connectivity index (χ3n) is 5.41. The van der Waals surface area contributed by atoms with Gasteiger partial charge in [0, 0.05) is 22.0 Å². The highest BCUT2D eigenvalue weighted by Crippen LogP contribution is 2.63. The van der Waals surface area contributed by atoms with Gasteiger partial charge in [-0.2, -0.15) is 0 Å². The number of amides is 1. The van der Waals surface area contributed by atoms with Crippen LogP contribution in [-0.4, -0.2) is 11.9 Å². The molecule has 6 atom stereocenters. The SMILES string of the molecule is O=C([O-])C1C2C=CC(C3CC23)C1C(=O)Nc1ccc(Br)c(Cl)c1. The number of anilines is 1. The van der Waals surface area contributed by atoms with E-state index in [0.717, 1.165) is 10.9 Å². The lowest BCUT2D eigenvalue weighted by Crippen LogP contribution is -2.52. The van der Waals surface area contributed by atoms with Crippen LogP contribution in [0.4, 0.5) is 5.69 Å². The van der Waals surface area contributed by atoms with Crippen molar-refractivity contribution in [3.8, 4) is 0 Å². The zero-order chi connectivity index (χ0) is 16.3. The van der Waals surface area contributed by atoms with Crippen molar-refractivity contribution in [3.05, 3.63) is 39.8 Å². The number of allylic oxidation sites excluding steroid dienone is 2. The van der Waals surface area contributed by atoms with Gasteiger partial charge in [-0.15, -0.1) is 0 Å². The zero-order valence-electron chi connectivity index (χ0n) is 12.0. The molecule has 120 valence electrons. The highest BCUT2D eigenvalue weighted by molar-refractivity contribution is 9.10. The van der Waals surface area contributed by atoms with Gasteiger partial charge in [-0.1, -0.05) is 23.8 Å². The first-order chi connectivity index (χ1) is 11.0. The molecule has 2 bridgehead atoms. The van der Waals surface area contributed by atoms with Crippen LogP contribution < -0.4 is 10.4 Å². The maximum Gasteiger partial charge on any atom is 0.228 e. The first kappa shape index (κ1) is 15.2. The van der Waals surface area contributed by atoms with Crippen molar-refractivity contribution >= 4 is 45.1 Å². The lowest BCUT2D eigenvalue weighted by Gasteiger charge is -2.44. The highest BCUT2D eigenvalue weighted by atomic mass is 79.9. The van der Waals surface area contributed by atoms with Crippen LogP contribution in [0.5, 0.6) is 0 Å². The summed E-state index contributed by atoms with van der Waals surface area (Å²) in [5.74, 6) is -1.89. The largest absolute Gasteiger partial charge is 0.550 e. The summed E-state index contributed by atoms with van der Waals surface area (Å²) in [7, 11) is 0. The molecule has 1 N–H and O–H groups in total. The number of rotatable bonds is 3. The maximum atomic E-state index is 12.7. The molecular formula is C17H14BrClNO3-. The fourth-order valence-corrected chi connectivity index (χ4v) is 4.78. The Labute approximate surface area is 147 Å². The molecule has 0 aliphatic heterocycles. The van der Waals surface area contributed by atoms with Gasteiger partial charge in [-0.05, 0) is 64.2 Å². The highest BCUT2D eigenvalue weighted by Gasteiger charge is 2.61. The Hall–Kier alpha value is -1.33. The van der Waals surface area contributed by atoms with Gasteiger partial charge in [0.2, 0.25) is 5.91 Å². The molecule has 23 heavy (non-hydrogen) atoms. The van der Waals surface area contributed by atoms with E-state index in [1.807, 2.05) is 12.2 Å². The Bertz CT molecular complexity index is 735. The summed E-state index contributed by atoms with van der Waals surface area (Å²) in [5.41, 5.74) is 0.568. The van der Waals surface area contributed by atoms with Gasteiger partial charge in [0.25, 0.3) is 0 Å². The molecule has 0 radical (unpaired) electrons. The number of carboxylic acid groups (broad SMARTS) is 1. The van der Waals surface area contributed by atoms with Gasteiger partial charge in [0.1, 0.15) is 0 Å². The summed E-state index contributed by atoms with van der Waals surface area (Å²) in [6, 6.07) is 5.13. The van der Waals surface area contributed by atoms with Crippen molar-refractivity contribution in [3.63, 3.8) is 0 Å². The molecule has 5 rings (SSSR count). The number of halogens is 2. The molecule has 6 heteroatoms. The van der Waals surface area contributed by atoms with Gasteiger partial charge in [-0.25, -0.2) is 0 Å². The Morgan fingerprint density at radius 3 is 2.43 bits per heavy atom. The van der Waals surface area contributed by atoms with Crippen LogP contribution in [0.2, 0.25) is 5.02 Å². The Balaban J connectivity index is 1.60. The zero-order valence-corrected chi connectivity index (χ0v) is 14.4. The topological polar surface area (TPSA) is 69.2 Å². The van der Waals surface area contributed by atoms with Gasteiger partial charge in [0.05, 0.1) is 10.9 Å². The second-order valence-electron chi connectivity index (χ2n) is 6.59. The van der Waals surface area contributed by atoms with E-state index >= 15 is 0 Å². The van der Waals surface area contributed by atoms with E-state index in [1.54, 1.807) is 18.2 Å². The molecule has 4 aliphatic carbocycles. The van der Waals surface area contributed by atoms with Gasteiger partial charge in [0.15, 0.2) is 0 Å². The van der Waals surface area contributed by atoms with Crippen LogP contribution in [0.25, 0.3) is 0 Å². The standard InChI is InChI=1S/C17H15BrClNO3/c18-12-4-1-7(5-13(12)19)20-16(21)14-8-2-3-9(11-6-10(8)11)15(14)17(22)23/h1-5,8-11,14-15H,6H2,(H,20,21)(H,22,23)/p-1. The molecule has 2 saturated carbocycles. The summed E-state index contributed by atoms with van der Waals surface area (Å²) >= 11 is 9.34. The Kier molecular flexibility index (Phi) is 3.54. The van der Waals surface area contributed by atoms with Crippen molar-refractivity contribution in [1.29, 1.82) is 0 Å². The third kappa shape index (κ3) is 2.41. The fraction of sp³-hybridized carbons (Fsp3) is 0.412. The van der Waals surface area contributed by atoms with Crippen LogP contribution in [0.3, 0.4) is 0 Å². The molecule has 4 nitrogen and oxygen atoms in total. The quantitative estimate of drug-likeness (QED) is 0.799. The van der Waals surface area contributed by atoms with E-state index in [0.29, 0.717) is 22.5 Å².